The van der Waals surface area contributed by atoms with Crippen molar-refractivity contribution >= 4 is 17.9 Å². The fraction of sp³-hybridized carbons (Fsp3) is 0.483. The van der Waals surface area contributed by atoms with Crippen molar-refractivity contribution in [3.05, 3.63) is 59.7 Å². The van der Waals surface area contributed by atoms with Crippen LogP contribution in [0.3, 0.4) is 0 Å². The number of hydrogen-bond acceptors (Lipinski definition) is 8. The number of carbonyl (C=O) groups is 3. The lowest BCUT2D eigenvalue weighted by Crippen LogP contribution is -2.57. The highest BCUT2D eigenvalue weighted by molar-refractivity contribution is 5.80. The molecule has 5 N–H and O–H groups in total. The summed E-state index contributed by atoms with van der Waals surface area (Å²) in [6.07, 6.45) is -1.18. The maximum Gasteiger partial charge on any atom is 0.407 e. The van der Waals surface area contributed by atoms with Crippen molar-refractivity contribution in [2.75, 3.05) is 46.7 Å². The first-order chi connectivity index (χ1) is 19.4. The van der Waals surface area contributed by atoms with Crippen molar-refractivity contribution < 1.29 is 38.4 Å². The highest BCUT2D eigenvalue weighted by Crippen LogP contribution is 2.44. The van der Waals surface area contributed by atoms with Gasteiger partial charge in [0.05, 0.1) is 44.0 Å². The molecule has 11 heteroatoms. The molecule has 0 bridgehead atoms. The van der Waals surface area contributed by atoms with E-state index in [2.05, 4.69) is 34.9 Å². The number of methoxy groups -OCH3 is 1. The first-order valence-electron chi connectivity index (χ1n) is 13.4. The summed E-state index contributed by atoms with van der Waals surface area (Å²) >= 11 is 0. The standard InChI is InChI=1S/C29H37N3O8/c1-37-24-11-10-23(27(34)26(24)28(30)35)32-25(33)17-39-15-14-38-13-12-31-29(36)40-16-22-20-8-4-2-6-18(20)19-7-3-5-9-21(19)22/h2-9,22-24,26-27,34H,10-17H2,1H3,(H2,30,35)(H,31,36)(H,32,33). The number of alkyl carbamates (subject to hydrolysis) is 1. The van der Waals surface area contributed by atoms with Crippen LogP contribution in [0.15, 0.2) is 48.5 Å². The summed E-state index contributed by atoms with van der Waals surface area (Å²) in [6.45, 7) is 0.930. The van der Waals surface area contributed by atoms with Crippen LogP contribution in [0.25, 0.3) is 11.1 Å². The number of aliphatic hydroxyl groups excluding tert-OH is 1. The van der Waals surface area contributed by atoms with Crippen LogP contribution in [0.5, 0.6) is 0 Å². The third-order valence-electron chi connectivity index (χ3n) is 7.39. The Morgan fingerprint density at radius 3 is 2.25 bits per heavy atom. The fourth-order valence-electron chi connectivity index (χ4n) is 5.45. The van der Waals surface area contributed by atoms with E-state index >= 15 is 0 Å². The number of aliphatic hydroxyl groups is 1. The summed E-state index contributed by atoms with van der Waals surface area (Å²) in [5.41, 5.74) is 10.0. The molecule has 4 unspecified atom stereocenters. The number of nitrogens with one attached hydrogen (secondary N) is 2. The van der Waals surface area contributed by atoms with E-state index in [9.17, 15) is 19.5 Å². The highest BCUT2D eigenvalue weighted by atomic mass is 16.6. The second-order valence-electron chi connectivity index (χ2n) is 9.86. The second kappa shape index (κ2) is 14.2. The van der Waals surface area contributed by atoms with Crippen LogP contribution in [-0.2, 0) is 28.5 Å². The van der Waals surface area contributed by atoms with Crippen LogP contribution in [0.1, 0.15) is 29.9 Å². The molecule has 40 heavy (non-hydrogen) atoms. The summed E-state index contributed by atoms with van der Waals surface area (Å²) in [7, 11) is 1.46. The monoisotopic (exact) mass is 555 g/mol. The molecule has 2 aromatic carbocycles. The first-order valence-corrected chi connectivity index (χ1v) is 13.4. The number of ether oxygens (including phenoxy) is 4. The van der Waals surface area contributed by atoms with Gasteiger partial charge in [0.2, 0.25) is 11.8 Å². The van der Waals surface area contributed by atoms with Gasteiger partial charge in [-0.15, -0.1) is 0 Å². The Bertz CT molecular complexity index is 1130. The van der Waals surface area contributed by atoms with Crippen molar-refractivity contribution in [3.8, 4) is 11.1 Å². The van der Waals surface area contributed by atoms with E-state index in [1.165, 1.54) is 18.2 Å². The number of amides is 3. The van der Waals surface area contributed by atoms with Crippen LogP contribution >= 0.6 is 0 Å². The molecule has 1 fully saturated rings. The van der Waals surface area contributed by atoms with Gasteiger partial charge in [-0.1, -0.05) is 48.5 Å². The molecule has 3 amide bonds. The predicted molar refractivity (Wildman–Crippen MR) is 145 cm³/mol. The summed E-state index contributed by atoms with van der Waals surface area (Å²) < 4.78 is 21.5. The highest BCUT2D eigenvalue weighted by Gasteiger charge is 2.42. The maximum atomic E-state index is 12.2. The minimum absolute atomic E-state index is 0.00280. The fourth-order valence-corrected chi connectivity index (χ4v) is 5.45. The Balaban J connectivity index is 1.06. The molecule has 11 nitrogen and oxygen atoms in total. The summed E-state index contributed by atoms with van der Waals surface area (Å²) in [5, 5.41) is 15.8. The Morgan fingerprint density at radius 1 is 0.950 bits per heavy atom. The molecular formula is C29H37N3O8. The van der Waals surface area contributed by atoms with Crippen molar-refractivity contribution in [2.24, 2.45) is 11.7 Å². The van der Waals surface area contributed by atoms with Gasteiger partial charge >= 0.3 is 6.09 Å². The van der Waals surface area contributed by atoms with Gasteiger partial charge in [0.1, 0.15) is 13.2 Å². The number of benzene rings is 2. The van der Waals surface area contributed by atoms with Crippen molar-refractivity contribution in [2.45, 2.75) is 37.0 Å². The smallest absolute Gasteiger partial charge is 0.407 e. The van der Waals surface area contributed by atoms with Gasteiger partial charge in [-0.25, -0.2) is 4.79 Å². The van der Waals surface area contributed by atoms with Crippen LogP contribution in [0, 0.1) is 5.92 Å². The van der Waals surface area contributed by atoms with E-state index in [1.54, 1.807) is 0 Å². The van der Waals surface area contributed by atoms with Crippen LogP contribution in [0.4, 0.5) is 4.79 Å². The maximum absolute atomic E-state index is 12.2. The third kappa shape index (κ3) is 7.16. The van der Waals surface area contributed by atoms with Crippen molar-refractivity contribution in [3.63, 3.8) is 0 Å². The first kappa shape index (κ1) is 29.5. The number of nitrogens with two attached hydrogens (primary N) is 1. The van der Waals surface area contributed by atoms with Gasteiger partial charge in [-0.05, 0) is 35.1 Å². The van der Waals surface area contributed by atoms with Gasteiger partial charge in [0, 0.05) is 19.6 Å². The molecule has 4 atom stereocenters. The molecule has 0 saturated heterocycles. The van der Waals surface area contributed by atoms with E-state index in [-0.39, 0.29) is 45.5 Å². The largest absolute Gasteiger partial charge is 0.449 e. The van der Waals surface area contributed by atoms with E-state index in [1.807, 2.05) is 24.3 Å². The molecule has 0 aliphatic heterocycles. The minimum atomic E-state index is -1.13. The third-order valence-corrected chi connectivity index (χ3v) is 7.39. The van der Waals surface area contributed by atoms with Crippen LogP contribution in [-0.4, -0.2) is 88.0 Å². The number of carbonyl (C=O) groups excluding carboxylic acids is 3. The number of rotatable bonds is 13. The average Bonchev–Trinajstić information content (AvgIpc) is 3.27. The topological polar surface area (TPSA) is 158 Å². The Morgan fingerprint density at radius 2 is 1.60 bits per heavy atom. The van der Waals surface area contributed by atoms with Crippen molar-refractivity contribution in [1.82, 2.24) is 10.6 Å². The SMILES string of the molecule is COC1CCC(NC(=O)COCCOCCNC(=O)OCC2c3ccccc3-c3ccccc32)C(O)C1C(N)=O. The minimum Gasteiger partial charge on any atom is -0.449 e. The van der Waals surface area contributed by atoms with E-state index in [0.29, 0.717) is 12.8 Å². The number of hydrogen-bond donors (Lipinski definition) is 4. The van der Waals surface area contributed by atoms with Gasteiger partial charge in [0.15, 0.2) is 0 Å². The van der Waals surface area contributed by atoms with Gasteiger partial charge in [0.25, 0.3) is 0 Å². The molecule has 4 rings (SSSR count). The lowest BCUT2D eigenvalue weighted by Gasteiger charge is -2.38. The molecule has 0 radical (unpaired) electrons. The Hall–Kier alpha value is -3.51. The van der Waals surface area contributed by atoms with E-state index in [4.69, 9.17) is 24.7 Å². The normalized spacial score (nSPS) is 21.8. The predicted octanol–water partition coefficient (Wildman–Crippen LogP) is 1.31. The molecule has 0 heterocycles. The van der Waals surface area contributed by atoms with Gasteiger partial charge < -0.3 is 40.4 Å². The van der Waals surface area contributed by atoms with E-state index < -0.39 is 42.1 Å². The molecule has 0 spiro atoms. The number of fused-ring (bicyclic) bond motifs is 3. The molecule has 2 aromatic rings. The Labute approximate surface area is 233 Å². The second-order valence-corrected chi connectivity index (χ2v) is 9.86. The molecule has 0 aromatic heterocycles. The zero-order valence-corrected chi connectivity index (χ0v) is 22.5. The zero-order valence-electron chi connectivity index (χ0n) is 22.5. The molecule has 2 aliphatic rings. The molecular weight excluding hydrogens is 518 g/mol. The van der Waals surface area contributed by atoms with Crippen molar-refractivity contribution in [1.29, 1.82) is 0 Å². The molecule has 2 aliphatic carbocycles. The van der Waals surface area contributed by atoms with Gasteiger partial charge in [-0.2, -0.15) is 0 Å². The van der Waals surface area contributed by atoms with Crippen LogP contribution < -0.4 is 16.4 Å². The lowest BCUT2D eigenvalue weighted by molar-refractivity contribution is -0.141. The zero-order chi connectivity index (χ0) is 28.5. The lowest BCUT2D eigenvalue weighted by atomic mass is 9.80. The summed E-state index contributed by atoms with van der Waals surface area (Å²) in [5.74, 6) is -1.97. The van der Waals surface area contributed by atoms with E-state index in [0.717, 1.165) is 11.1 Å². The summed E-state index contributed by atoms with van der Waals surface area (Å²) in [6, 6.07) is 15.7. The quantitative estimate of drug-likeness (QED) is 0.269. The van der Waals surface area contributed by atoms with Gasteiger partial charge in [-0.3, -0.25) is 9.59 Å². The van der Waals surface area contributed by atoms with Crippen LogP contribution in [0.2, 0.25) is 0 Å². The number of primary amides is 1. The molecule has 216 valence electrons. The summed E-state index contributed by atoms with van der Waals surface area (Å²) in [4.78, 5) is 36.1. The average molecular weight is 556 g/mol. The molecule has 1 saturated carbocycles. The Kier molecular flexibility index (Phi) is 10.5.